The lowest BCUT2D eigenvalue weighted by Crippen LogP contribution is -2.26. The maximum atomic E-state index is 5.66. The molecule has 96 valence electrons. The predicted octanol–water partition coefficient (Wildman–Crippen LogP) is 1.80. The van der Waals surface area contributed by atoms with Crippen LogP contribution in [0.5, 0.6) is 0 Å². The number of anilines is 1. The Hall–Kier alpha value is -1.10. The third-order valence-corrected chi connectivity index (χ3v) is 3.08. The number of hydrogen-bond donors (Lipinski definition) is 1. The molecule has 0 aliphatic carbocycles. The van der Waals surface area contributed by atoms with E-state index >= 15 is 0 Å². The number of nitrogens with one attached hydrogen (secondary N) is 1. The van der Waals surface area contributed by atoms with Crippen LogP contribution in [0.15, 0.2) is 4.42 Å². The van der Waals surface area contributed by atoms with Gasteiger partial charge in [-0.2, -0.15) is 0 Å². The summed E-state index contributed by atoms with van der Waals surface area (Å²) in [5, 5.41) is 11.5. The lowest BCUT2D eigenvalue weighted by molar-refractivity contribution is 0.446. The zero-order chi connectivity index (χ0) is 12.3. The highest BCUT2D eigenvalue weighted by molar-refractivity contribution is 5.27. The molecular formula is C12H22N4O. The number of rotatable bonds is 5. The summed E-state index contributed by atoms with van der Waals surface area (Å²) in [6, 6.07) is 1.20. The molecule has 2 heterocycles. The van der Waals surface area contributed by atoms with Gasteiger partial charge in [-0.15, -0.1) is 5.10 Å². The molecule has 1 aromatic rings. The van der Waals surface area contributed by atoms with E-state index in [0.717, 1.165) is 13.1 Å². The minimum Gasteiger partial charge on any atom is -0.407 e. The molecule has 1 N–H and O–H groups in total. The average Bonchev–Trinajstić information content (AvgIpc) is 2.86. The van der Waals surface area contributed by atoms with E-state index in [1.54, 1.807) is 0 Å². The lowest BCUT2D eigenvalue weighted by Gasteiger charge is -2.17. The minimum absolute atomic E-state index is 0.520. The van der Waals surface area contributed by atoms with Gasteiger partial charge in [0.1, 0.15) is 0 Å². The van der Waals surface area contributed by atoms with E-state index in [-0.39, 0.29) is 0 Å². The van der Waals surface area contributed by atoms with Crippen LogP contribution in [0.4, 0.5) is 6.01 Å². The summed E-state index contributed by atoms with van der Waals surface area (Å²) in [7, 11) is 0. The second-order valence-electron chi connectivity index (χ2n) is 5.19. The van der Waals surface area contributed by atoms with Crippen molar-refractivity contribution in [1.82, 2.24) is 15.5 Å². The first-order valence-corrected chi connectivity index (χ1v) is 6.46. The van der Waals surface area contributed by atoms with Crippen LogP contribution in [0.25, 0.3) is 0 Å². The maximum absolute atomic E-state index is 5.66. The van der Waals surface area contributed by atoms with Crippen molar-refractivity contribution in [1.29, 1.82) is 0 Å². The second-order valence-corrected chi connectivity index (χ2v) is 5.19. The highest BCUT2D eigenvalue weighted by atomic mass is 16.4. The zero-order valence-corrected chi connectivity index (χ0v) is 10.9. The van der Waals surface area contributed by atoms with Gasteiger partial charge in [0, 0.05) is 12.6 Å². The van der Waals surface area contributed by atoms with Crippen LogP contribution in [0, 0.1) is 5.92 Å². The Morgan fingerprint density at radius 1 is 1.47 bits per heavy atom. The molecule has 2 rings (SSSR count). The molecule has 1 aromatic heterocycles. The molecule has 1 fully saturated rings. The van der Waals surface area contributed by atoms with Crippen LogP contribution in [0.2, 0.25) is 0 Å². The number of aromatic nitrogens is 2. The van der Waals surface area contributed by atoms with Crippen LogP contribution in [0.1, 0.15) is 39.5 Å². The standard InChI is InChI=1S/C12H22N4O/c1-9(2)7-13-8-11-14-15-12(17-11)16-6-4-5-10(16)3/h9-10,13H,4-8H2,1-3H3. The summed E-state index contributed by atoms with van der Waals surface area (Å²) in [5.74, 6) is 1.32. The van der Waals surface area contributed by atoms with Crippen molar-refractivity contribution in [2.45, 2.75) is 46.2 Å². The van der Waals surface area contributed by atoms with Gasteiger partial charge in [0.25, 0.3) is 0 Å². The van der Waals surface area contributed by atoms with Crippen LogP contribution >= 0.6 is 0 Å². The molecule has 1 atom stereocenters. The molecule has 5 heteroatoms. The van der Waals surface area contributed by atoms with Gasteiger partial charge < -0.3 is 14.6 Å². The molecule has 0 radical (unpaired) electrons. The third-order valence-electron chi connectivity index (χ3n) is 3.08. The Morgan fingerprint density at radius 3 is 2.94 bits per heavy atom. The van der Waals surface area contributed by atoms with Crippen molar-refractivity contribution in [3.05, 3.63) is 5.89 Å². The van der Waals surface area contributed by atoms with E-state index in [4.69, 9.17) is 4.42 Å². The van der Waals surface area contributed by atoms with Crippen LogP contribution in [-0.4, -0.2) is 29.3 Å². The molecule has 0 aromatic carbocycles. The Balaban J connectivity index is 1.87. The van der Waals surface area contributed by atoms with E-state index in [1.165, 1.54) is 12.8 Å². The van der Waals surface area contributed by atoms with Crippen molar-refractivity contribution in [2.24, 2.45) is 5.92 Å². The molecule has 0 saturated carbocycles. The van der Waals surface area contributed by atoms with E-state index < -0.39 is 0 Å². The number of hydrogen-bond acceptors (Lipinski definition) is 5. The second kappa shape index (κ2) is 5.49. The fourth-order valence-electron chi connectivity index (χ4n) is 2.12. The SMILES string of the molecule is CC(C)CNCc1nnc(N2CCCC2C)o1. The monoisotopic (exact) mass is 238 g/mol. The summed E-state index contributed by atoms with van der Waals surface area (Å²) >= 11 is 0. The fraction of sp³-hybridized carbons (Fsp3) is 0.833. The van der Waals surface area contributed by atoms with Gasteiger partial charge in [-0.05, 0) is 32.2 Å². The minimum atomic E-state index is 0.520. The average molecular weight is 238 g/mol. The molecule has 0 bridgehead atoms. The highest BCUT2D eigenvalue weighted by Crippen LogP contribution is 2.23. The van der Waals surface area contributed by atoms with Gasteiger partial charge in [-0.25, -0.2) is 0 Å². The smallest absolute Gasteiger partial charge is 0.318 e. The van der Waals surface area contributed by atoms with E-state index in [1.807, 2.05) is 0 Å². The first kappa shape index (κ1) is 12.4. The molecule has 0 amide bonds. The molecule has 1 saturated heterocycles. The van der Waals surface area contributed by atoms with Gasteiger partial charge in [0.15, 0.2) is 0 Å². The fourth-order valence-corrected chi connectivity index (χ4v) is 2.12. The summed E-state index contributed by atoms with van der Waals surface area (Å²) in [6.45, 7) is 9.22. The molecule has 5 nitrogen and oxygen atoms in total. The van der Waals surface area contributed by atoms with E-state index in [2.05, 4.69) is 41.2 Å². The van der Waals surface area contributed by atoms with Crippen LogP contribution in [0.3, 0.4) is 0 Å². The highest BCUT2D eigenvalue weighted by Gasteiger charge is 2.24. The Kier molecular flexibility index (Phi) is 3.99. The van der Waals surface area contributed by atoms with Gasteiger partial charge >= 0.3 is 6.01 Å². The first-order valence-electron chi connectivity index (χ1n) is 6.46. The van der Waals surface area contributed by atoms with Gasteiger partial charge in [-0.3, -0.25) is 0 Å². The van der Waals surface area contributed by atoms with Crippen molar-refractivity contribution in [3.63, 3.8) is 0 Å². The van der Waals surface area contributed by atoms with Crippen LogP contribution in [-0.2, 0) is 6.54 Å². The normalized spacial score (nSPS) is 20.5. The summed E-state index contributed by atoms with van der Waals surface area (Å²) < 4.78 is 5.66. The summed E-state index contributed by atoms with van der Waals surface area (Å²) in [5.41, 5.74) is 0. The van der Waals surface area contributed by atoms with E-state index in [0.29, 0.717) is 30.4 Å². The lowest BCUT2D eigenvalue weighted by atomic mass is 10.2. The van der Waals surface area contributed by atoms with Gasteiger partial charge in [0.05, 0.1) is 6.54 Å². The van der Waals surface area contributed by atoms with Crippen molar-refractivity contribution in [3.8, 4) is 0 Å². The van der Waals surface area contributed by atoms with Crippen molar-refractivity contribution in [2.75, 3.05) is 18.0 Å². The number of nitrogens with zero attached hydrogens (tertiary/aromatic N) is 3. The zero-order valence-electron chi connectivity index (χ0n) is 10.9. The Morgan fingerprint density at radius 2 is 2.29 bits per heavy atom. The molecule has 0 spiro atoms. The Labute approximate surface area is 103 Å². The van der Waals surface area contributed by atoms with Crippen molar-refractivity contribution < 1.29 is 4.42 Å². The van der Waals surface area contributed by atoms with Gasteiger partial charge in [-0.1, -0.05) is 18.9 Å². The molecule has 17 heavy (non-hydrogen) atoms. The molecule has 1 aliphatic heterocycles. The van der Waals surface area contributed by atoms with Crippen LogP contribution < -0.4 is 10.2 Å². The molecular weight excluding hydrogens is 216 g/mol. The summed E-state index contributed by atoms with van der Waals surface area (Å²) in [4.78, 5) is 2.19. The predicted molar refractivity (Wildman–Crippen MR) is 66.9 cm³/mol. The quantitative estimate of drug-likeness (QED) is 0.847. The largest absolute Gasteiger partial charge is 0.407 e. The third kappa shape index (κ3) is 3.19. The summed E-state index contributed by atoms with van der Waals surface area (Å²) in [6.07, 6.45) is 2.42. The first-order chi connectivity index (χ1) is 8.16. The molecule has 1 unspecified atom stereocenters. The van der Waals surface area contributed by atoms with Gasteiger partial charge in [0.2, 0.25) is 5.89 Å². The molecule has 1 aliphatic rings. The van der Waals surface area contributed by atoms with E-state index in [9.17, 15) is 0 Å². The Bertz CT molecular complexity index is 350. The topological polar surface area (TPSA) is 54.2 Å². The maximum Gasteiger partial charge on any atom is 0.318 e. The van der Waals surface area contributed by atoms with Crippen molar-refractivity contribution >= 4 is 6.01 Å².